The Morgan fingerprint density at radius 3 is 2.68 bits per heavy atom. The second-order valence-electron chi connectivity index (χ2n) is 5.96. The molecule has 5 nitrogen and oxygen atoms in total. The maximum absolute atomic E-state index is 4.70. The Hall–Kier alpha value is -1.52. The highest BCUT2D eigenvalue weighted by Crippen LogP contribution is 2.23. The van der Waals surface area contributed by atoms with Gasteiger partial charge >= 0.3 is 0 Å². The van der Waals surface area contributed by atoms with Gasteiger partial charge in [0.2, 0.25) is 0 Å². The summed E-state index contributed by atoms with van der Waals surface area (Å²) in [5.74, 6) is 0.819. The maximum atomic E-state index is 4.70. The van der Waals surface area contributed by atoms with Crippen molar-refractivity contribution in [2.24, 2.45) is 4.99 Å². The summed E-state index contributed by atoms with van der Waals surface area (Å²) in [5, 5.41) is 11.0. The largest absolute Gasteiger partial charge is 0.357 e. The molecule has 2 aromatic heterocycles. The molecule has 0 saturated carbocycles. The van der Waals surface area contributed by atoms with Crippen LogP contribution in [0.4, 0.5) is 0 Å². The van der Waals surface area contributed by atoms with Crippen molar-refractivity contribution in [3.05, 3.63) is 57.5 Å². The van der Waals surface area contributed by atoms with Crippen LogP contribution in [0.3, 0.4) is 0 Å². The van der Waals surface area contributed by atoms with E-state index in [1.54, 1.807) is 22.7 Å². The fourth-order valence-electron chi connectivity index (χ4n) is 2.51. The van der Waals surface area contributed by atoms with Crippen molar-refractivity contribution in [1.82, 2.24) is 20.6 Å². The second kappa shape index (κ2) is 12.1. The van der Waals surface area contributed by atoms with E-state index in [-0.39, 0.29) is 24.0 Å². The lowest BCUT2D eigenvalue weighted by Crippen LogP contribution is -2.38. The van der Waals surface area contributed by atoms with Gasteiger partial charge < -0.3 is 10.6 Å². The molecule has 150 valence electrons. The number of guanidine groups is 1. The third kappa shape index (κ3) is 6.82. The molecule has 3 aromatic rings. The molecule has 0 amide bonds. The quantitative estimate of drug-likeness (QED) is 0.252. The van der Waals surface area contributed by atoms with Crippen LogP contribution < -0.4 is 10.6 Å². The number of nitrogens with zero attached hydrogens (tertiary/aromatic N) is 3. The van der Waals surface area contributed by atoms with E-state index in [9.17, 15) is 0 Å². The number of hydrogen-bond donors (Lipinski definition) is 2. The zero-order chi connectivity index (χ0) is 18.9. The summed E-state index contributed by atoms with van der Waals surface area (Å²) in [7, 11) is 0. The number of thiazole rings is 2. The summed E-state index contributed by atoms with van der Waals surface area (Å²) in [6.07, 6.45) is 3.93. The molecule has 0 spiro atoms. The zero-order valence-electron chi connectivity index (χ0n) is 16.1. The number of rotatable bonds is 8. The average Bonchev–Trinajstić information content (AvgIpc) is 3.36. The van der Waals surface area contributed by atoms with Crippen molar-refractivity contribution < 1.29 is 0 Å². The molecule has 0 unspecified atom stereocenters. The number of aliphatic imine (C=N–C) groups is 1. The summed E-state index contributed by atoms with van der Waals surface area (Å²) < 4.78 is 0. The Morgan fingerprint density at radius 2 is 1.96 bits per heavy atom. The van der Waals surface area contributed by atoms with Crippen LogP contribution in [-0.4, -0.2) is 29.0 Å². The van der Waals surface area contributed by atoms with Crippen molar-refractivity contribution in [2.75, 3.05) is 13.1 Å². The number of hydrogen-bond acceptors (Lipinski definition) is 5. The van der Waals surface area contributed by atoms with E-state index in [0.29, 0.717) is 6.54 Å². The average molecular weight is 528 g/mol. The molecule has 1 aromatic carbocycles. The van der Waals surface area contributed by atoms with Crippen molar-refractivity contribution in [2.45, 2.75) is 33.2 Å². The molecular formula is C20H26IN5S2. The highest BCUT2D eigenvalue weighted by molar-refractivity contribution is 14.0. The minimum absolute atomic E-state index is 0. The van der Waals surface area contributed by atoms with Crippen LogP contribution in [0, 0.1) is 0 Å². The van der Waals surface area contributed by atoms with Gasteiger partial charge in [-0.25, -0.2) is 15.0 Å². The number of benzene rings is 1. The van der Waals surface area contributed by atoms with Crippen LogP contribution >= 0.6 is 46.7 Å². The monoisotopic (exact) mass is 527 g/mol. The molecule has 0 aliphatic heterocycles. The van der Waals surface area contributed by atoms with Crippen LogP contribution in [0.25, 0.3) is 10.6 Å². The molecule has 0 aliphatic carbocycles. The van der Waals surface area contributed by atoms with Crippen LogP contribution in [0.5, 0.6) is 0 Å². The fourth-order valence-corrected chi connectivity index (χ4v) is 4.19. The van der Waals surface area contributed by atoms with Crippen molar-refractivity contribution in [3.8, 4) is 10.6 Å². The molecule has 8 heteroatoms. The third-order valence-electron chi connectivity index (χ3n) is 3.90. The van der Waals surface area contributed by atoms with Crippen LogP contribution in [0.2, 0.25) is 0 Å². The lowest BCUT2D eigenvalue weighted by atomic mass is 10.2. The second-order valence-corrected chi connectivity index (χ2v) is 8.01. The summed E-state index contributed by atoms with van der Waals surface area (Å²) >= 11 is 3.45. The van der Waals surface area contributed by atoms with Crippen LogP contribution in [0.15, 0.2) is 46.9 Å². The van der Waals surface area contributed by atoms with E-state index in [1.165, 1.54) is 9.88 Å². The van der Waals surface area contributed by atoms with Gasteiger partial charge in [0.05, 0.1) is 17.2 Å². The van der Waals surface area contributed by atoms with E-state index < -0.39 is 0 Å². The maximum Gasteiger partial charge on any atom is 0.191 e. The van der Waals surface area contributed by atoms with E-state index in [2.05, 4.69) is 52.0 Å². The lowest BCUT2D eigenvalue weighted by molar-refractivity contribution is 0.794. The van der Waals surface area contributed by atoms with Crippen molar-refractivity contribution >= 4 is 52.6 Å². The Bertz CT molecular complexity index is 860. The van der Waals surface area contributed by atoms with Gasteiger partial charge in [-0.05, 0) is 13.3 Å². The smallest absolute Gasteiger partial charge is 0.191 e. The molecule has 28 heavy (non-hydrogen) atoms. The number of nitrogens with one attached hydrogen (secondary N) is 2. The highest BCUT2D eigenvalue weighted by atomic mass is 127. The molecule has 0 aliphatic rings. The van der Waals surface area contributed by atoms with Gasteiger partial charge in [0.15, 0.2) is 5.96 Å². The predicted molar refractivity (Wildman–Crippen MR) is 131 cm³/mol. The number of aryl methyl sites for hydroxylation is 1. The van der Waals surface area contributed by atoms with Gasteiger partial charge in [0, 0.05) is 41.5 Å². The lowest BCUT2D eigenvalue weighted by Gasteiger charge is -2.10. The minimum Gasteiger partial charge on any atom is -0.357 e. The first-order valence-corrected chi connectivity index (χ1v) is 10.9. The first-order chi connectivity index (χ1) is 13.3. The van der Waals surface area contributed by atoms with Gasteiger partial charge in [-0.1, -0.05) is 37.3 Å². The number of halogens is 1. The van der Waals surface area contributed by atoms with Crippen molar-refractivity contribution in [3.63, 3.8) is 0 Å². The molecule has 0 atom stereocenters. The molecule has 2 heterocycles. The molecule has 0 fully saturated rings. The molecule has 0 radical (unpaired) electrons. The van der Waals surface area contributed by atoms with E-state index >= 15 is 0 Å². The number of aromatic nitrogens is 2. The zero-order valence-corrected chi connectivity index (χ0v) is 20.1. The Labute approximate surface area is 191 Å². The van der Waals surface area contributed by atoms with Gasteiger partial charge in [-0.2, -0.15) is 0 Å². The van der Waals surface area contributed by atoms with Gasteiger partial charge in [-0.3, -0.25) is 0 Å². The van der Waals surface area contributed by atoms with Gasteiger partial charge in [0.1, 0.15) is 5.01 Å². The standard InChI is InChI=1S/C20H25N5S2.HI/c1-3-17-13-23-18(27-17)10-11-22-20(21-4-2)24-12-16-14-26-19(25-16)15-8-6-5-7-9-15;/h5-9,13-14H,3-4,10-12H2,1-2H3,(H2,21,22,24);1H. The van der Waals surface area contributed by atoms with E-state index in [0.717, 1.165) is 48.2 Å². The highest BCUT2D eigenvalue weighted by Gasteiger charge is 2.05. The van der Waals surface area contributed by atoms with Gasteiger partial charge in [-0.15, -0.1) is 46.7 Å². The molecule has 2 N–H and O–H groups in total. The Kier molecular flexibility index (Phi) is 9.86. The van der Waals surface area contributed by atoms with Gasteiger partial charge in [0.25, 0.3) is 0 Å². The molecule has 0 saturated heterocycles. The summed E-state index contributed by atoms with van der Waals surface area (Å²) in [6.45, 7) is 6.44. The normalized spacial score (nSPS) is 11.1. The molecule has 3 rings (SSSR count). The third-order valence-corrected chi connectivity index (χ3v) is 6.04. The minimum atomic E-state index is 0. The first-order valence-electron chi connectivity index (χ1n) is 9.24. The fraction of sp³-hybridized carbons (Fsp3) is 0.350. The van der Waals surface area contributed by atoms with Crippen LogP contribution in [-0.2, 0) is 19.4 Å². The predicted octanol–water partition coefficient (Wildman–Crippen LogP) is 4.74. The van der Waals surface area contributed by atoms with Crippen LogP contribution in [0.1, 0.15) is 29.4 Å². The topological polar surface area (TPSA) is 62.2 Å². The Balaban J connectivity index is 0.00000280. The van der Waals surface area contributed by atoms with E-state index in [4.69, 9.17) is 4.98 Å². The summed E-state index contributed by atoms with van der Waals surface area (Å²) in [4.78, 5) is 15.2. The summed E-state index contributed by atoms with van der Waals surface area (Å²) in [5.41, 5.74) is 2.14. The van der Waals surface area contributed by atoms with E-state index in [1.807, 2.05) is 24.4 Å². The first kappa shape index (κ1) is 22.8. The summed E-state index contributed by atoms with van der Waals surface area (Å²) in [6, 6.07) is 10.3. The molecule has 0 bridgehead atoms. The molecular weight excluding hydrogens is 501 g/mol. The Morgan fingerprint density at radius 1 is 1.14 bits per heavy atom. The SMILES string of the molecule is CCNC(=NCc1csc(-c2ccccc2)n1)NCCc1ncc(CC)s1.I. The van der Waals surface area contributed by atoms with Crippen molar-refractivity contribution in [1.29, 1.82) is 0 Å².